The summed E-state index contributed by atoms with van der Waals surface area (Å²) in [6.07, 6.45) is 0.338. The highest BCUT2D eigenvalue weighted by Crippen LogP contribution is 2.21. The summed E-state index contributed by atoms with van der Waals surface area (Å²) in [5.41, 5.74) is 6.88. The molecule has 0 aliphatic carbocycles. The molecule has 0 saturated carbocycles. The molecule has 0 aliphatic heterocycles. The summed E-state index contributed by atoms with van der Waals surface area (Å²) < 4.78 is 0.775. The van der Waals surface area contributed by atoms with Gasteiger partial charge >= 0.3 is 0 Å². The van der Waals surface area contributed by atoms with E-state index in [9.17, 15) is 4.79 Å². The van der Waals surface area contributed by atoms with Crippen molar-refractivity contribution in [3.05, 3.63) is 28.2 Å². The molecule has 2 N–H and O–H groups in total. The van der Waals surface area contributed by atoms with Crippen LogP contribution < -0.4 is 5.73 Å². The normalized spacial score (nSPS) is 10.3. The predicted octanol–water partition coefficient (Wildman–Crippen LogP) is 3.04. The van der Waals surface area contributed by atoms with Crippen LogP contribution in [0, 0.1) is 17.2 Å². The molecule has 0 fully saturated rings. The Hall–Kier alpha value is -1.54. The topological polar surface area (TPSA) is 70.1 Å². The van der Waals surface area contributed by atoms with Gasteiger partial charge in [0.25, 0.3) is 5.91 Å². The van der Waals surface area contributed by atoms with Crippen LogP contribution in [0.15, 0.2) is 22.7 Å². The summed E-state index contributed by atoms with van der Waals surface area (Å²) in [5.74, 6) is 0.276. The second-order valence-corrected chi connectivity index (χ2v) is 5.64. The van der Waals surface area contributed by atoms with E-state index in [-0.39, 0.29) is 5.91 Å². The first kappa shape index (κ1) is 15.5. The number of halogens is 1. The molecule has 0 saturated heterocycles. The number of hydrogen-bond acceptors (Lipinski definition) is 3. The molecule has 0 radical (unpaired) electrons. The number of nitriles is 1. The quantitative estimate of drug-likeness (QED) is 0.846. The van der Waals surface area contributed by atoms with E-state index in [4.69, 9.17) is 11.0 Å². The van der Waals surface area contributed by atoms with E-state index in [1.54, 1.807) is 23.1 Å². The lowest BCUT2D eigenvalue weighted by Crippen LogP contribution is -2.35. The third-order valence-electron chi connectivity index (χ3n) is 2.61. The third kappa shape index (κ3) is 4.56. The summed E-state index contributed by atoms with van der Waals surface area (Å²) in [5, 5.41) is 8.67. The van der Waals surface area contributed by atoms with Gasteiger partial charge in [0.1, 0.15) is 0 Å². The van der Waals surface area contributed by atoms with Gasteiger partial charge in [0, 0.05) is 28.8 Å². The van der Waals surface area contributed by atoms with Crippen LogP contribution in [-0.2, 0) is 0 Å². The van der Waals surface area contributed by atoms with Gasteiger partial charge in [0.15, 0.2) is 0 Å². The molecule has 0 unspecified atom stereocenters. The Morgan fingerprint density at radius 1 is 1.53 bits per heavy atom. The Balaban J connectivity index is 2.91. The highest BCUT2D eigenvalue weighted by Gasteiger charge is 2.17. The zero-order valence-electron chi connectivity index (χ0n) is 11.2. The van der Waals surface area contributed by atoms with Crippen molar-refractivity contribution in [2.75, 3.05) is 18.8 Å². The van der Waals surface area contributed by atoms with E-state index in [0.717, 1.165) is 4.47 Å². The van der Waals surface area contributed by atoms with Crippen LogP contribution in [-0.4, -0.2) is 23.9 Å². The fraction of sp³-hybridized carbons (Fsp3) is 0.429. The molecule has 1 amide bonds. The zero-order chi connectivity index (χ0) is 14.4. The highest BCUT2D eigenvalue weighted by molar-refractivity contribution is 9.10. The molecule has 1 aromatic carbocycles. The second kappa shape index (κ2) is 7.15. The summed E-state index contributed by atoms with van der Waals surface area (Å²) in [6, 6.07) is 7.23. The number of amides is 1. The molecular weight excluding hydrogens is 306 g/mol. The first-order chi connectivity index (χ1) is 8.95. The number of hydrogen-bond donors (Lipinski definition) is 1. The molecule has 0 atom stereocenters. The van der Waals surface area contributed by atoms with Crippen molar-refractivity contribution in [3.63, 3.8) is 0 Å². The average molecular weight is 324 g/mol. The molecule has 102 valence electrons. The zero-order valence-corrected chi connectivity index (χ0v) is 12.8. The maximum Gasteiger partial charge on any atom is 0.253 e. The van der Waals surface area contributed by atoms with Crippen LogP contribution in [0.1, 0.15) is 30.6 Å². The summed E-state index contributed by atoms with van der Waals surface area (Å²) in [6.45, 7) is 5.17. The van der Waals surface area contributed by atoms with E-state index in [0.29, 0.717) is 36.7 Å². The Morgan fingerprint density at radius 3 is 2.74 bits per heavy atom. The standard InChI is InChI=1S/C14H18BrN3O/c1-10(2)9-18(7-3-6-16)14(19)11-4-5-12(15)13(17)8-11/h4-5,8,10H,3,7,9,17H2,1-2H3. The number of benzene rings is 1. The van der Waals surface area contributed by atoms with Crippen LogP contribution in [0.5, 0.6) is 0 Å². The Bertz CT molecular complexity index is 494. The van der Waals surface area contributed by atoms with Gasteiger partial charge in [-0.25, -0.2) is 0 Å². The number of nitrogen functional groups attached to an aromatic ring is 1. The van der Waals surface area contributed by atoms with Crippen molar-refractivity contribution < 1.29 is 4.79 Å². The Labute approximate surface area is 122 Å². The summed E-state index contributed by atoms with van der Waals surface area (Å²) in [7, 11) is 0. The number of rotatable bonds is 5. The Morgan fingerprint density at radius 2 is 2.21 bits per heavy atom. The molecular formula is C14H18BrN3O. The molecule has 19 heavy (non-hydrogen) atoms. The van der Waals surface area contributed by atoms with Crippen molar-refractivity contribution in [2.45, 2.75) is 20.3 Å². The van der Waals surface area contributed by atoms with Gasteiger partial charge in [-0.1, -0.05) is 13.8 Å². The van der Waals surface area contributed by atoms with Crippen LogP contribution in [0.25, 0.3) is 0 Å². The van der Waals surface area contributed by atoms with E-state index >= 15 is 0 Å². The minimum absolute atomic E-state index is 0.0804. The molecule has 1 rings (SSSR count). The maximum atomic E-state index is 12.4. The molecule has 4 nitrogen and oxygen atoms in total. The van der Waals surface area contributed by atoms with E-state index in [1.165, 1.54) is 0 Å². The molecule has 0 spiro atoms. The van der Waals surface area contributed by atoms with Crippen LogP contribution in [0.3, 0.4) is 0 Å². The molecule has 0 aromatic heterocycles. The summed E-state index contributed by atoms with van der Waals surface area (Å²) in [4.78, 5) is 14.1. The van der Waals surface area contributed by atoms with Gasteiger partial charge in [0.05, 0.1) is 12.5 Å². The number of anilines is 1. The van der Waals surface area contributed by atoms with Crippen molar-refractivity contribution in [3.8, 4) is 6.07 Å². The number of carbonyl (C=O) groups is 1. The van der Waals surface area contributed by atoms with Gasteiger partial charge in [-0.2, -0.15) is 5.26 Å². The first-order valence-corrected chi connectivity index (χ1v) is 6.96. The molecule has 0 bridgehead atoms. The largest absolute Gasteiger partial charge is 0.398 e. The van der Waals surface area contributed by atoms with Crippen molar-refractivity contribution in [2.24, 2.45) is 5.92 Å². The first-order valence-electron chi connectivity index (χ1n) is 6.17. The van der Waals surface area contributed by atoms with E-state index < -0.39 is 0 Å². The van der Waals surface area contributed by atoms with E-state index in [2.05, 4.69) is 22.0 Å². The molecule has 0 aliphatic rings. The third-order valence-corrected chi connectivity index (χ3v) is 3.33. The minimum atomic E-state index is -0.0804. The van der Waals surface area contributed by atoms with E-state index in [1.807, 2.05) is 13.8 Å². The molecule has 1 aromatic rings. The molecule has 0 heterocycles. The van der Waals surface area contributed by atoms with Gasteiger partial charge in [-0.15, -0.1) is 0 Å². The highest BCUT2D eigenvalue weighted by atomic mass is 79.9. The van der Waals surface area contributed by atoms with Crippen molar-refractivity contribution in [1.29, 1.82) is 5.26 Å². The van der Waals surface area contributed by atoms with Gasteiger partial charge in [-0.05, 0) is 40.0 Å². The Kier molecular flexibility index (Phi) is 5.84. The predicted molar refractivity (Wildman–Crippen MR) is 79.5 cm³/mol. The number of nitrogens with two attached hydrogens (primary N) is 1. The fourth-order valence-corrected chi connectivity index (χ4v) is 2.01. The van der Waals surface area contributed by atoms with Gasteiger partial charge < -0.3 is 10.6 Å². The van der Waals surface area contributed by atoms with Crippen LogP contribution in [0.4, 0.5) is 5.69 Å². The summed E-state index contributed by atoms with van der Waals surface area (Å²) >= 11 is 3.30. The lowest BCUT2D eigenvalue weighted by Gasteiger charge is -2.24. The van der Waals surface area contributed by atoms with Gasteiger partial charge in [0.2, 0.25) is 0 Å². The number of carbonyl (C=O) groups excluding carboxylic acids is 1. The lowest BCUT2D eigenvalue weighted by molar-refractivity contribution is 0.0740. The maximum absolute atomic E-state index is 12.4. The molecule has 5 heteroatoms. The smallest absolute Gasteiger partial charge is 0.253 e. The number of nitrogens with zero attached hydrogens (tertiary/aromatic N) is 2. The fourth-order valence-electron chi connectivity index (χ4n) is 1.76. The average Bonchev–Trinajstić information content (AvgIpc) is 2.36. The second-order valence-electron chi connectivity index (χ2n) is 4.79. The van der Waals surface area contributed by atoms with Crippen molar-refractivity contribution >= 4 is 27.5 Å². The van der Waals surface area contributed by atoms with Crippen LogP contribution >= 0.6 is 15.9 Å². The van der Waals surface area contributed by atoms with Crippen LogP contribution in [0.2, 0.25) is 0 Å². The lowest BCUT2D eigenvalue weighted by atomic mass is 10.1. The van der Waals surface area contributed by atoms with Gasteiger partial charge in [-0.3, -0.25) is 4.79 Å². The monoisotopic (exact) mass is 323 g/mol. The SMILES string of the molecule is CC(C)CN(CCC#N)C(=O)c1ccc(Br)c(N)c1. The minimum Gasteiger partial charge on any atom is -0.398 e. The van der Waals surface area contributed by atoms with Crippen molar-refractivity contribution in [1.82, 2.24) is 4.90 Å².